The fourth-order valence-corrected chi connectivity index (χ4v) is 1.55. The zero-order chi connectivity index (χ0) is 15.3. The van der Waals surface area contributed by atoms with E-state index in [0.29, 0.717) is 12.1 Å². The van der Waals surface area contributed by atoms with Crippen LogP contribution < -0.4 is 5.32 Å². The summed E-state index contributed by atoms with van der Waals surface area (Å²) in [6, 6.07) is -0.161. The molecule has 0 spiro atoms. The van der Waals surface area contributed by atoms with Crippen molar-refractivity contribution in [1.29, 1.82) is 0 Å². The Morgan fingerprint density at radius 1 is 1.45 bits per heavy atom. The topological polar surface area (TPSA) is 82.5 Å². The minimum absolute atomic E-state index is 0.161. The quantitative estimate of drug-likeness (QED) is 0.916. The predicted molar refractivity (Wildman–Crippen MR) is 72.6 cm³/mol. The van der Waals surface area contributed by atoms with Gasteiger partial charge >= 0.3 is 12.2 Å². The largest absolute Gasteiger partial charge is 0.452 e. The summed E-state index contributed by atoms with van der Waals surface area (Å²) in [5.41, 5.74) is 0.148. The molecule has 0 unspecified atom stereocenters. The first-order valence-corrected chi connectivity index (χ1v) is 6.32. The lowest BCUT2D eigenvalue weighted by Crippen LogP contribution is -2.38. The molecule has 0 aliphatic carbocycles. The molecule has 0 fully saturated rings. The number of amides is 1. The second-order valence-corrected chi connectivity index (χ2v) is 5.49. The van der Waals surface area contributed by atoms with E-state index in [4.69, 9.17) is 4.74 Å². The highest BCUT2D eigenvalue weighted by molar-refractivity contribution is 5.70. The molecule has 7 heteroatoms. The molecule has 1 aromatic rings. The van der Waals surface area contributed by atoms with Gasteiger partial charge in [-0.3, -0.25) is 0 Å². The molecular formula is C13H21N3O4. The normalized spacial score (nSPS) is 12.7. The molecule has 0 aliphatic rings. The maximum atomic E-state index is 11.6. The van der Waals surface area contributed by atoms with E-state index in [9.17, 15) is 9.59 Å². The Labute approximate surface area is 118 Å². The SMILES string of the molecule is COC(=O)n1cnc(C[C@@H](C)NC(=O)OC(C)(C)C)c1. The molecule has 112 valence electrons. The fraction of sp³-hybridized carbons (Fsp3) is 0.615. The number of imidazole rings is 1. The average Bonchev–Trinajstić information content (AvgIpc) is 2.73. The Morgan fingerprint density at radius 3 is 2.65 bits per heavy atom. The number of hydrogen-bond acceptors (Lipinski definition) is 5. The standard InChI is InChI=1S/C13H21N3O4/c1-9(15-11(17)20-13(2,3)4)6-10-7-16(8-14-10)12(18)19-5/h7-9H,6H2,1-5H3,(H,15,17)/t9-/m1/s1. The van der Waals surface area contributed by atoms with Gasteiger partial charge in [-0.05, 0) is 27.7 Å². The van der Waals surface area contributed by atoms with Crippen molar-refractivity contribution in [2.75, 3.05) is 7.11 Å². The second-order valence-electron chi connectivity index (χ2n) is 5.49. The van der Waals surface area contributed by atoms with Crippen molar-refractivity contribution >= 4 is 12.2 Å². The van der Waals surface area contributed by atoms with Crippen molar-refractivity contribution in [2.24, 2.45) is 0 Å². The van der Waals surface area contributed by atoms with Gasteiger partial charge in [0, 0.05) is 18.7 Å². The van der Waals surface area contributed by atoms with Gasteiger partial charge in [-0.25, -0.2) is 19.1 Å². The highest BCUT2D eigenvalue weighted by Crippen LogP contribution is 2.07. The average molecular weight is 283 g/mol. The van der Waals surface area contributed by atoms with Crippen molar-refractivity contribution in [2.45, 2.75) is 45.8 Å². The number of rotatable bonds is 3. The van der Waals surface area contributed by atoms with Crippen molar-refractivity contribution in [1.82, 2.24) is 14.9 Å². The summed E-state index contributed by atoms with van der Waals surface area (Å²) < 4.78 is 11.0. The first-order valence-electron chi connectivity index (χ1n) is 6.32. The molecule has 0 radical (unpaired) electrons. The fourth-order valence-electron chi connectivity index (χ4n) is 1.55. The summed E-state index contributed by atoms with van der Waals surface area (Å²) in [6.45, 7) is 7.24. The van der Waals surface area contributed by atoms with Crippen LogP contribution in [-0.4, -0.2) is 40.5 Å². The number of carbonyl (C=O) groups excluding carboxylic acids is 2. The van der Waals surface area contributed by atoms with E-state index in [1.54, 1.807) is 27.0 Å². The molecule has 0 aromatic carbocycles. The third-order valence-electron chi connectivity index (χ3n) is 2.30. The highest BCUT2D eigenvalue weighted by Gasteiger charge is 2.18. The number of aromatic nitrogens is 2. The Bertz CT molecular complexity index is 476. The summed E-state index contributed by atoms with van der Waals surface area (Å²) in [5, 5.41) is 2.71. The van der Waals surface area contributed by atoms with Crippen LogP contribution in [0.5, 0.6) is 0 Å². The zero-order valence-corrected chi connectivity index (χ0v) is 12.5. The Morgan fingerprint density at radius 2 is 2.10 bits per heavy atom. The van der Waals surface area contributed by atoms with Crippen molar-refractivity contribution in [3.63, 3.8) is 0 Å². The van der Waals surface area contributed by atoms with Gasteiger partial charge in [0.2, 0.25) is 0 Å². The predicted octanol–water partition coefficient (Wildman–Crippen LogP) is 1.95. The molecule has 20 heavy (non-hydrogen) atoms. The highest BCUT2D eigenvalue weighted by atomic mass is 16.6. The molecule has 1 heterocycles. The number of nitrogens with one attached hydrogen (secondary N) is 1. The third kappa shape index (κ3) is 5.29. The first kappa shape index (κ1) is 16.0. The summed E-state index contributed by atoms with van der Waals surface area (Å²) >= 11 is 0. The Balaban J connectivity index is 2.50. The van der Waals surface area contributed by atoms with E-state index in [-0.39, 0.29) is 6.04 Å². The van der Waals surface area contributed by atoms with E-state index in [0.717, 1.165) is 0 Å². The van der Waals surface area contributed by atoms with Crippen LogP contribution in [0, 0.1) is 0 Å². The number of methoxy groups -OCH3 is 1. The van der Waals surface area contributed by atoms with Gasteiger partial charge in [0.15, 0.2) is 0 Å². The molecular weight excluding hydrogens is 262 g/mol. The molecule has 1 N–H and O–H groups in total. The second kappa shape index (κ2) is 6.40. The summed E-state index contributed by atoms with van der Waals surface area (Å²) in [4.78, 5) is 26.9. The summed E-state index contributed by atoms with van der Waals surface area (Å²) in [6.07, 6.45) is 2.46. The van der Waals surface area contributed by atoms with E-state index < -0.39 is 17.8 Å². The number of hydrogen-bond donors (Lipinski definition) is 1. The number of nitrogens with zero attached hydrogens (tertiary/aromatic N) is 2. The monoisotopic (exact) mass is 283 g/mol. The van der Waals surface area contributed by atoms with Crippen LogP contribution in [0.3, 0.4) is 0 Å². The molecule has 1 atom stereocenters. The molecule has 0 aliphatic heterocycles. The van der Waals surface area contributed by atoms with Crippen LogP contribution in [0.15, 0.2) is 12.5 Å². The van der Waals surface area contributed by atoms with Gasteiger partial charge in [0.1, 0.15) is 11.9 Å². The van der Waals surface area contributed by atoms with Crippen molar-refractivity contribution in [3.05, 3.63) is 18.2 Å². The van der Waals surface area contributed by atoms with E-state index in [1.165, 1.54) is 18.0 Å². The van der Waals surface area contributed by atoms with Gasteiger partial charge < -0.3 is 14.8 Å². The summed E-state index contributed by atoms with van der Waals surface area (Å²) in [7, 11) is 1.30. The maximum absolute atomic E-state index is 11.6. The summed E-state index contributed by atoms with van der Waals surface area (Å²) in [5.74, 6) is 0. The molecule has 0 bridgehead atoms. The number of ether oxygens (including phenoxy) is 2. The maximum Gasteiger partial charge on any atom is 0.418 e. The lowest BCUT2D eigenvalue weighted by molar-refractivity contribution is 0.0508. The third-order valence-corrected chi connectivity index (χ3v) is 2.30. The van der Waals surface area contributed by atoms with Gasteiger partial charge in [-0.15, -0.1) is 0 Å². The molecule has 1 amide bonds. The molecule has 7 nitrogen and oxygen atoms in total. The van der Waals surface area contributed by atoms with Crippen molar-refractivity contribution < 1.29 is 19.1 Å². The van der Waals surface area contributed by atoms with E-state index >= 15 is 0 Å². The van der Waals surface area contributed by atoms with Gasteiger partial charge in [-0.2, -0.15) is 0 Å². The van der Waals surface area contributed by atoms with Crippen LogP contribution >= 0.6 is 0 Å². The Kier molecular flexibility index (Phi) is 5.12. The number of alkyl carbamates (subject to hydrolysis) is 1. The zero-order valence-electron chi connectivity index (χ0n) is 12.5. The van der Waals surface area contributed by atoms with E-state index in [2.05, 4.69) is 15.0 Å². The minimum atomic E-state index is -0.531. The minimum Gasteiger partial charge on any atom is -0.452 e. The lowest BCUT2D eigenvalue weighted by atomic mass is 10.2. The van der Waals surface area contributed by atoms with Crippen LogP contribution in [0.1, 0.15) is 33.4 Å². The lowest BCUT2D eigenvalue weighted by Gasteiger charge is -2.21. The van der Waals surface area contributed by atoms with Gasteiger partial charge in [0.05, 0.1) is 12.8 Å². The first-order chi connectivity index (χ1) is 9.21. The van der Waals surface area contributed by atoms with Crippen LogP contribution in [0.4, 0.5) is 9.59 Å². The van der Waals surface area contributed by atoms with Crippen LogP contribution in [0.2, 0.25) is 0 Å². The van der Waals surface area contributed by atoms with Crippen LogP contribution in [0.25, 0.3) is 0 Å². The van der Waals surface area contributed by atoms with Gasteiger partial charge in [0.25, 0.3) is 0 Å². The van der Waals surface area contributed by atoms with E-state index in [1.807, 2.05) is 6.92 Å². The molecule has 0 saturated carbocycles. The molecule has 0 saturated heterocycles. The van der Waals surface area contributed by atoms with Crippen molar-refractivity contribution in [3.8, 4) is 0 Å². The van der Waals surface area contributed by atoms with Crippen LogP contribution in [-0.2, 0) is 15.9 Å². The smallest absolute Gasteiger partial charge is 0.418 e. The Hall–Kier alpha value is -2.05. The molecule has 1 rings (SSSR count). The van der Waals surface area contributed by atoms with Gasteiger partial charge in [-0.1, -0.05) is 0 Å². The molecule has 1 aromatic heterocycles. The number of carbonyl (C=O) groups is 2.